The van der Waals surface area contributed by atoms with Crippen LogP contribution in [0.25, 0.3) is 10.8 Å². The Bertz CT molecular complexity index is 960. The van der Waals surface area contributed by atoms with Crippen LogP contribution in [-0.4, -0.2) is 23.0 Å². The van der Waals surface area contributed by atoms with E-state index in [1.807, 2.05) is 13.0 Å². The molecule has 1 saturated carbocycles. The predicted molar refractivity (Wildman–Crippen MR) is 104 cm³/mol. The van der Waals surface area contributed by atoms with Gasteiger partial charge in [-0.25, -0.2) is 9.78 Å². The van der Waals surface area contributed by atoms with Gasteiger partial charge in [0.15, 0.2) is 10.8 Å². The summed E-state index contributed by atoms with van der Waals surface area (Å²) in [7, 11) is 0. The molecule has 0 bridgehead atoms. The molecule has 8 heteroatoms. The molecule has 3 aromatic rings. The van der Waals surface area contributed by atoms with E-state index in [0.717, 1.165) is 17.7 Å². The third-order valence-corrected chi connectivity index (χ3v) is 5.04. The normalized spacial score (nSPS) is 13.2. The first-order chi connectivity index (χ1) is 13.1. The molecule has 0 atom stereocenters. The van der Waals surface area contributed by atoms with E-state index in [-0.39, 0.29) is 11.9 Å². The summed E-state index contributed by atoms with van der Waals surface area (Å²) in [6.45, 7) is 1.85. The maximum Gasteiger partial charge on any atom is 0.319 e. The molecule has 1 aliphatic rings. The van der Waals surface area contributed by atoms with Gasteiger partial charge in [0, 0.05) is 22.3 Å². The van der Waals surface area contributed by atoms with Crippen LogP contribution < -0.4 is 16.0 Å². The number of nitrogens with zero attached hydrogens (tertiary/aromatic N) is 1. The number of furan rings is 1. The third kappa shape index (κ3) is 4.17. The maximum absolute atomic E-state index is 12.5. The van der Waals surface area contributed by atoms with Crippen molar-refractivity contribution in [2.45, 2.75) is 25.8 Å². The molecule has 1 aliphatic carbocycles. The number of thiazole rings is 1. The molecule has 0 radical (unpaired) electrons. The van der Waals surface area contributed by atoms with E-state index in [4.69, 9.17) is 4.42 Å². The van der Waals surface area contributed by atoms with Crippen LogP contribution in [0.4, 0.5) is 16.2 Å². The van der Waals surface area contributed by atoms with Crippen LogP contribution in [-0.2, 0) is 0 Å². The van der Waals surface area contributed by atoms with Gasteiger partial charge in [-0.15, -0.1) is 11.3 Å². The molecule has 4 rings (SSSR count). The van der Waals surface area contributed by atoms with E-state index >= 15 is 0 Å². The number of carbonyl (C=O) groups is 2. The Morgan fingerprint density at radius 3 is 2.44 bits per heavy atom. The molecule has 27 heavy (non-hydrogen) atoms. The number of carbonyl (C=O) groups excluding carboxylic acids is 2. The van der Waals surface area contributed by atoms with Crippen LogP contribution >= 0.6 is 11.3 Å². The van der Waals surface area contributed by atoms with E-state index in [1.165, 1.54) is 11.3 Å². The first-order valence-electron chi connectivity index (χ1n) is 8.59. The Morgan fingerprint density at radius 1 is 1.11 bits per heavy atom. The van der Waals surface area contributed by atoms with Crippen LogP contribution in [0.1, 0.15) is 28.2 Å². The van der Waals surface area contributed by atoms with Crippen molar-refractivity contribution >= 4 is 34.6 Å². The fraction of sp³-hybridized carbons (Fsp3) is 0.211. The number of rotatable bonds is 5. The number of nitrogens with one attached hydrogen (secondary N) is 3. The summed E-state index contributed by atoms with van der Waals surface area (Å²) in [6, 6.07) is 10.6. The van der Waals surface area contributed by atoms with Crippen molar-refractivity contribution in [2.75, 3.05) is 10.6 Å². The number of aryl methyl sites for hydroxylation is 1. The highest BCUT2D eigenvalue weighted by molar-refractivity contribution is 7.15. The Kier molecular flexibility index (Phi) is 4.64. The highest BCUT2D eigenvalue weighted by atomic mass is 32.1. The number of hydrogen-bond donors (Lipinski definition) is 3. The number of urea groups is 1. The lowest BCUT2D eigenvalue weighted by Crippen LogP contribution is -2.30. The van der Waals surface area contributed by atoms with E-state index < -0.39 is 0 Å². The van der Waals surface area contributed by atoms with Crippen molar-refractivity contribution in [3.8, 4) is 10.8 Å². The van der Waals surface area contributed by atoms with Crippen molar-refractivity contribution in [3.05, 3.63) is 53.2 Å². The number of aromatic nitrogens is 1. The summed E-state index contributed by atoms with van der Waals surface area (Å²) in [6.07, 6.45) is 3.65. The topological polar surface area (TPSA) is 96.3 Å². The fourth-order valence-electron chi connectivity index (χ4n) is 2.52. The molecule has 2 aromatic heterocycles. The minimum atomic E-state index is -0.284. The lowest BCUT2D eigenvalue weighted by atomic mass is 10.2. The largest absolute Gasteiger partial charge is 0.462 e. The Labute approximate surface area is 159 Å². The highest BCUT2D eigenvalue weighted by Gasteiger charge is 2.23. The molecular formula is C19H18N4O3S. The second-order valence-electron chi connectivity index (χ2n) is 6.31. The van der Waals surface area contributed by atoms with Gasteiger partial charge < -0.3 is 20.4 Å². The first kappa shape index (κ1) is 17.3. The number of benzene rings is 1. The summed E-state index contributed by atoms with van der Waals surface area (Å²) in [5.41, 5.74) is 1.66. The molecular weight excluding hydrogens is 364 g/mol. The van der Waals surface area contributed by atoms with E-state index in [2.05, 4.69) is 20.9 Å². The van der Waals surface area contributed by atoms with Crippen LogP contribution in [0.5, 0.6) is 0 Å². The quantitative estimate of drug-likeness (QED) is 0.615. The van der Waals surface area contributed by atoms with Crippen LogP contribution in [0, 0.1) is 6.92 Å². The van der Waals surface area contributed by atoms with E-state index in [0.29, 0.717) is 33.9 Å². The van der Waals surface area contributed by atoms with E-state index in [9.17, 15) is 9.59 Å². The predicted octanol–water partition coefficient (Wildman–Crippen LogP) is 4.25. The highest BCUT2D eigenvalue weighted by Crippen LogP contribution is 2.28. The van der Waals surface area contributed by atoms with E-state index in [1.54, 1.807) is 36.6 Å². The van der Waals surface area contributed by atoms with Crippen molar-refractivity contribution in [1.82, 2.24) is 10.3 Å². The third-order valence-electron chi connectivity index (χ3n) is 4.06. The minimum Gasteiger partial charge on any atom is -0.462 e. The molecule has 0 spiro atoms. The number of anilines is 2. The molecule has 1 fully saturated rings. The minimum absolute atomic E-state index is 0.210. The van der Waals surface area contributed by atoms with Gasteiger partial charge in [-0.3, -0.25) is 4.79 Å². The van der Waals surface area contributed by atoms with Crippen molar-refractivity contribution in [3.63, 3.8) is 0 Å². The first-order valence-corrected chi connectivity index (χ1v) is 9.40. The second-order valence-corrected chi connectivity index (χ2v) is 7.51. The van der Waals surface area contributed by atoms with Gasteiger partial charge in [0.1, 0.15) is 5.69 Å². The Morgan fingerprint density at radius 2 is 1.81 bits per heavy atom. The zero-order valence-corrected chi connectivity index (χ0v) is 15.4. The molecule has 0 aliphatic heterocycles. The summed E-state index contributed by atoms with van der Waals surface area (Å²) in [4.78, 5) is 29.5. The zero-order chi connectivity index (χ0) is 18.8. The van der Waals surface area contributed by atoms with Crippen molar-refractivity contribution in [1.29, 1.82) is 0 Å². The summed E-state index contributed by atoms with van der Waals surface area (Å²) >= 11 is 1.41. The molecule has 138 valence electrons. The SMILES string of the molecule is Cc1sc(-c2ccco2)nc1C(=O)Nc1ccc(NC(=O)NC2CC2)cc1. The maximum atomic E-state index is 12.5. The number of amides is 3. The average molecular weight is 382 g/mol. The molecule has 0 unspecified atom stereocenters. The molecule has 2 heterocycles. The van der Waals surface area contributed by atoms with Crippen LogP contribution in [0.3, 0.4) is 0 Å². The molecule has 0 saturated heterocycles. The van der Waals surface area contributed by atoms with Gasteiger partial charge in [-0.1, -0.05) is 0 Å². The lowest BCUT2D eigenvalue weighted by molar-refractivity contribution is 0.102. The zero-order valence-electron chi connectivity index (χ0n) is 14.6. The molecule has 7 nitrogen and oxygen atoms in total. The summed E-state index contributed by atoms with van der Waals surface area (Å²) in [5.74, 6) is 0.357. The van der Waals surface area contributed by atoms with Gasteiger partial charge >= 0.3 is 6.03 Å². The average Bonchev–Trinajstić information content (AvgIpc) is 3.13. The van der Waals surface area contributed by atoms with Crippen molar-refractivity contribution < 1.29 is 14.0 Å². The number of hydrogen-bond acceptors (Lipinski definition) is 5. The smallest absolute Gasteiger partial charge is 0.319 e. The Balaban J connectivity index is 1.40. The molecule has 1 aromatic carbocycles. The fourth-order valence-corrected chi connectivity index (χ4v) is 3.40. The lowest BCUT2D eigenvalue weighted by Gasteiger charge is -2.08. The monoisotopic (exact) mass is 382 g/mol. The molecule has 3 N–H and O–H groups in total. The second kappa shape index (κ2) is 7.24. The Hall–Kier alpha value is -3.13. The van der Waals surface area contributed by atoms with Gasteiger partial charge in [-0.2, -0.15) is 0 Å². The van der Waals surface area contributed by atoms with Gasteiger partial charge in [0.25, 0.3) is 5.91 Å². The van der Waals surface area contributed by atoms with Crippen molar-refractivity contribution in [2.24, 2.45) is 0 Å². The van der Waals surface area contributed by atoms with Gasteiger partial charge in [0.2, 0.25) is 0 Å². The van der Waals surface area contributed by atoms with Crippen LogP contribution in [0.15, 0.2) is 47.1 Å². The van der Waals surface area contributed by atoms with Gasteiger partial charge in [0.05, 0.1) is 6.26 Å². The summed E-state index contributed by atoms with van der Waals surface area (Å²) < 4.78 is 5.34. The summed E-state index contributed by atoms with van der Waals surface area (Å²) in [5, 5.41) is 9.12. The van der Waals surface area contributed by atoms with Gasteiger partial charge in [-0.05, 0) is 56.2 Å². The molecule has 3 amide bonds. The standard InChI is InChI=1S/C19H18N4O3S/c1-11-16(23-18(27-11)15-3-2-10-26-15)17(24)20-12-4-6-13(7-5-12)21-19(25)22-14-8-9-14/h2-7,10,14H,8-9H2,1H3,(H,20,24)(H2,21,22,25). The van der Waals surface area contributed by atoms with Crippen LogP contribution in [0.2, 0.25) is 0 Å².